The SMILES string of the molecule is COc1ccc(CN2C(C)CCC2c2ccccc2)cc1OC. The van der Waals surface area contributed by atoms with Crippen LogP contribution in [0.25, 0.3) is 0 Å². The molecular formula is C20H25NO2. The third kappa shape index (κ3) is 3.35. The van der Waals surface area contributed by atoms with Crippen molar-refractivity contribution >= 4 is 0 Å². The van der Waals surface area contributed by atoms with E-state index in [1.54, 1.807) is 14.2 Å². The molecule has 2 aromatic carbocycles. The van der Waals surface area contributed by atoms with Gasteiger partial charge in [-0.3, -0.25) is 4.90 Å². The van der Waals surface area contributed by atoms with Crippen molar-refractivity contribution in [2.75, 3.05) is 14.2 Å². The van der Waals surface area contributed by atoms with Crippen LogP contribution >= 0.6 is 0 Å². The van der Waals surface area contributed by atoms with Crippen LogP contribution in [-0.2, 0) is 6.54 Å². The maximum Gasteiger partial charge on any atom is 0.161 e. The molecular weight excluding hydrogens is 286 g/mol. The molecule has 1 heterocycles. The van der Waals surface area contributed by atoms with E-state index < -0.39 is 0 Å². The van der Waals surface area contributed by atoms with Crippen molar-refractivity contribution in [3.8, 4) is 11.5 Å². The number of nitrogens with zero attached hydrogens (tertiary/aromatic N) is 1. The Kier molecular flexibility index (Phi) is 4.87. The van der Waals surface area contributed by atoms with Crippen molar-refractivity contribution < 1.29 is 9.47 Å². The molecule has 1 fully saturated rings. The molecule has 2 atom stereocenters. The predicted octanol–water partition coefficient (Wildman–Crippen LogP) is 4.43. The molecule has 3 heteroatoms. The number of hydrogen-bond acceptors (Lipinski definition) is 3. The van der Waals surface area contributed by atoms with E-state index in [0.717, 1.165) is 18.0 Å². The van der Waals surface area contributed by atoms with Crippen LogP contribution in [0.3, 0.4) is 0 Å². The second kappa shape index (κ2) is 7.05. The Morgan fingerprint density at radius 2 is 1.70 bits per heavy atom. The highest BCUT2D eigenvalue weighted by atomic mass is 16.5. The van der Waals surface area contributed by atoms with Crippen LogP contribution < -0.4 is 9.47 Å². The summed E-state index contributed by atoms with van der Waals surface area (Å²) in [5, 5.41) is 0. The third-order valence-electron chi connectivity index (χ3n) is 4.82. The van der Waals surface area contributed by atoms with Gasteiger partial charge in [-0.15, -0.1) is 0 Å². The molecule has 3 rings (SSSR count). The van der Waals surface area contributed by atoms with E-state index in [9.17, 15) is 0 Å². The van der Waals surface area contributed by atoms with Crippen LogP contribution in [0.1, 0.15) is 36.9 Å². The molecule has 122 valence electrons. The topological polar surface area (TPSA) is 21.7 Å². The molecule has 23 heavy (non-hydrogen) atoms. The summed E-state index contributed by atoms with van der Waals surface area (Å²) in [5.74, 6) is 1.58. The summed E-state index contributed by atoms with van der Waals surface area (Å²) in [6, 6.07) is 18.1. The zero-order chi connectivity index (χ0) is 16.2. The van der Waals surface area contributed by atoms with E-state index in [-0.39, 0.29) is 0 Å². The van der Waals surface area contributed by atoms with Gasteiger partial charge in [0.15, 0.2) is 11.5 Å². The van der Waals surface area contributed by atoms with Gasteiger partial charge in [0.2, 0.25) is 0 Å². The van der Waals surface area contributed by atoms with E-state index in [4.69, 9.17) is 9.47 Å². The monoisotopic (exact) mass is 311 g/mol. The van der Waals surface area contributed by atoms with E-state index >= 15 is 0 Å². The first-order valence-electron chi connectivity index (χ1n) is 8.24. The minimum absolute atomic E-state index is 0.499. The van der Waals surface area contributed by atoms with E-state index in [0.29, 0.717) is 12.1 Å². The summed E-state index contributed by atoms with van der Waals surface area (Å²) in [6.07, 6.45) is 2.46. The number of hydrogen-bond donors (Lipinski definition) is 0. The lowest BCUT2D eigenvalue weighted by Crippen LogP contribution is -2.29. The minimum Gasteiger partial charge on any atom is -0.493 e. The zero-order valence-electron chi connectivity index (χ0n) is 14.2. The van der Waals surface area contributed by atoms with E-state index in [2.05, 4.69) is 54.3 Å². The van der Waals surface area contributed by atoms with E-state index in [1.165, 1.54) is 24.0 Å². The van der Waals surface area contributed by atoms with Gasteiger partial charge in [0.05, 0.1) is 14.2 Å². The number of ether oxygens (including phenoxy) is 2. The molecule has 1 aliphatic rings. The molecule has 0 spiro atoms. The number of benzene rings is 2. The minimum atomic E-state index is 0.499. The molecule has 1 aliphatic heterocycles. The normalized spacial score (nSPS) is 21.3. The summed E-state index contributed by atoms with van der Waals surface area (Å²) >= 11 is 0. The second-order valence-electron chi connectivity index (χ2n) is 6.21. The maximum atomic E-state index is 5.44. The molecule has 0 amide bonds. The van der Waals surface area contributed by atoms with Gasteiger partial charge in [0.25, 0.3) is 0 Å². The van der Waals surface area contributed by atoms with Crippen molar-refractivity contribution in [1.82, 2.24) is 4.90 Å². The summed E-state index contributed by atoms with van der Waals surface area (Å²) in [7, 11) is 3.36. The fourth-order valence-electron chi connectivity index (χ4n) is 3.53. The highest BCUT2D eigenvalue weighted by Gasteiger charge is 2.31. The van der Waals surface area contributed by atoms with Gasteiger partial charge >= 0.3 is 0 Å². The Labute approximate surface area is 138 Å². The summed E-state index contributed by atoms with van der Waals surface area (Å²) < 4.78 is 10.8. The van der Waals surface area contributed by atoms with Gasteiger partial charge in [-0.1, -0.05) is 36.4 Å². The standard InChI is InChI=1S/C20H25NO2/c1-15-9-11-18(17-7-5-4-6-8-17)21(15)14-16-10-12-19(22-2)20(13-16)23-3/h4-8,10,12-13,15,18H,9,11,14H2,1-3H3. The molecule has 0 bridgehead atoms. The molecule has 0 aliphatic carbocycles. The van der Waals surface area contributed by atoms with Crippen LogP contribution in [0.5, 0.6) is 11.5 Å². The molecule has 3 nitrogen and oxygen atoms in total. The lowest BCUT2D eigenvalue weighted by atomic mass is 10.0. The van der Waals surface area contributed by atoms with Crippen molar-refractivity contribution in [3.63, 3.8) is 0 Å². The maximum absolute atomic E-state index is 5.44. The highest BCUT2D eigenvalue weighted by Crippen LogP contribution is 2.38. The first-order chi connectivity index (χ1) is 11.2. The molecule has 0 radical (unpaired) electrons. The van der Waals surface area contributed by atoms with E-state index in [1.807, 2.05) is 6.07 Å². The molecule has 2 aromatic rings. The van der Waals surface area contributed by atoms with Crippen molar-refractivity contribution in [2.24, 2.45) is 0 Å². The Balaban J connectivity index is 1.82. The van der Waals surface area contributed by atoms with Gasteiger partial charge in [-0.05, 0) is 43.0 Å². The Morgan fingerprint density at radius 3 is 2.39 bits per heavy atom. The number of likely N-dealkylation sites (tertiary alicyclic amines) is 1. The number of methoxy groups -OCH3 is 2. The van der Waals surface area contributed by atoms with Gasteiger partial charge in [-0.2, -0.15) is 0 Å². The van der Waals surface area contributed by atoms with Crippen LogP contribution in [-0.4, -0.2) is 25.2 Å². The Bertz CT molecular complexity index is 641. The second-order valence-corrected chi connectivity index (χ2v) is 6.21. The van der Waals surface area contributed by atoms with Gasteiger partial charge in [0, 0.05) is 18.6 Å². The highest BCUT2D eigenvalue weighted by molar-refractivity contribution is 5.43. The number of rotatable bonds is 5. The first-order valence-corrected chi connectivity index (χ1v) is 8.24. The largest absolute Gasteiger partial charge is 0.493 e. The average molecular weight is 311 g/mol. The smallest absolute Gasteiger partial charge is 0.161 e. The van der Waals surface area contributed by atoms with Crippen molar-refractivity contribution in [1.29, 1.82) is 0 Å². The zero-order valence-corrected chi connectivity index (χ0v) is 14.2. The van der Waals surface area contributed by atoms with Crippen LogP contribution in [0.2, 0.25) is 0 Å². The van der Waals surface area contributed by atoms with Gasteiger partial charge in [0.1, 0.15) is 0 Å². The van der Waals surface area contributed by atoms with Crippen LogP contribution in [0.15, 0.2) is 48.5 Å². The van der Waals surface area contributed by atoms with Crippen LogP contribution in [0.4, 0.5) is 0 Å². The molecule has 1 saturated heterocycles. The molecule has 0 aromatic heterocycles. The lowest BCUT2D eigenvalue weighted by molar-refractivity contribution is 0.194. The Hall–Kier alpha value is -2.00. The molecule has 0 N–H and O–H groups in total. The molecule has 2 unspecified atom stereocenters. The fraction of sp³-hybridized carbons (Fsp3) is 0.400. The first kappa shape index (κ1) is 15.9. The van der Waals surface area contributed by atoms with Gasteiger partial charge < -0.3 is 9.47 Å². The molecule has 0 saturated carbocycles. The Morgan fingerprint density at radius 1 is 0.957 bits per heavy atom. The average Bonchev–Trinajstić information content (AvgIpc) is 2.96. The third-order valence-corrected chi connectivity index (χ3v) is 4.82. The summed E-state index contributed by atoms with van der Waals surface area (Å²) in [5.41, 5.74) is 2.68. The van der Waals surface area contributed by atoms with Gasteiger partial charge in [-0.25, -0.2) is 0 Å². The fourth-order valence-corrected chi connectivity index (χ4v) is 3.53. The quantitative estimate of drug-likeness (QED) is 0.815. The van der Waals surface area contributed by atoms with Crippen LogP contribution in [0, 0.1) is 0 Å². The van der Waals surface area contributed by atoms with Crippen molar-refractivity contribution in [3.05, 3.63) is 59.7 Å². The lowest BCUT2D eigenvalue weighted by Gasteiger charge is -2.29. The summed E-state index contributed by atoms with van der Waals surface area (Å²) in [4.78, 5) is 2.59. The summed E-state index contributed by atoms with van der Waals surface area (Å²) in [6.45, 7) is 3.25. The van der Waals surface area contributed by atoms with Crippen molar-refractivity contribution in [2.45, 2.75) is 38.4 Å². The predicted molar refractivity (Wildman–Crippen MR) is 93.0 cm³/mol.